The molecule has 0 N–H and O–H groups in total. The highest BCUT2D eigenvalue weighted by Gasteiger charge is 2.04. The number of allylic oxidation sites excluding steroid dienone is 1. The van der Waals surface area contributed by atoms with E-state index in [0.29, 0.717) is 18.8 Å². The maximum Gasteiger partial charge on any atom is 0.306 e. The quantitative estimate of drug-likeness (QED) is 0.0859. The van der Waals surface area contributed by atoms with Crippen molar-refractivity contribution in [2.45, 2.75) is 130 Å². The molecule has 0 saturated carbocycles. The van der Waals surface area contributed by atoms with Crippen LogP contribution in [0.25, 0.3) is 0 Å². The van der Waals surface area contributed by atoms with Crippen LogP contribution in [0.4, 0.5) is 0 Å². The number of Topliss-reactive ketones (excluding diaryl/α,β-unsaturated/α-hetero) is 1. The molecule has 0 aliphatic heterocycles. The first-order valence-corrected chi connectivity index (χ1v) is 13.6. The molecule has 0 aliphatic rings. The van der Waals surface area contributed by atoms with Crippen molar-refractivity contribution in [2.75, 3.05) is 26.2 Å². The Kier molecular flexibility index (Phi) is 23.6. The van der Waals surface area contributed by atoms with Crippen LogP contribution in [-0.2, 0) is 14.3 Å². The Labute approximate surface area is 199 Å². The van der Waals surface area contributed by atoms with Crippen LogP contribution in [-0.4, -0.2) is 42.9 Å². The molecule has 0 radical (unpaired) electrons. The smallest absolute Gasteiger partial charge is 0.306 e. The average Bonchev–Trinajstić information content (AvgIpc) is 2.77. The lowest BCUT2D eigenvalue weighted by Crippen LogP contribution is -2.25. The fourth-order valence-corrected chi connectivity index (χ4v) is 3.89. The Morgan fingerprint density at radius 3 is 1.84 bits per heavy atom. The third-order valence-corrected chi connectivity index (χ3v) is 6.04. The van der Waals surface area contributed by atoms with E-state index in [2.05, 4.69) is 24.8 Å². The normalized spacial score (nSPS) is 11.5. The van der Waals surface area contributed by atoms with Crippen molar-refractivity contribution in [2.24, 2.45) is 0 Å². The molecule has 32 heavy (non-hydrogen) atoms. The van der Waals surface area contributed by atoms with Crippen molar-refractivity contribution in [1.29, 1.82) is 0 Å². The van der Waals surface area contributed by atoms with Gasteiger partial charge in [-0.05, 0) is 65.1 Å². The van der Waals surface area contributed by atoms with E-state index in [9.17, 15) is 9.59 Å². The topological polar surface area (TPSA) is 46.6 Å². The number of unbranched alkanes of at least 4 members (excludes halogenated alkanes) is 12. The Balaban J connectivity index is 3.46. The number of rotatable bonds is 24. The van der Waals surface area contributed by atoms with Gasteiger partial charge in [-0.3, -0.25) is 4.79 Å². The Morgan fingerprint density at radius 2 is 1.25 bits per heavy atom. The molecule has 0 rings (SSSR count). The van der Waals surface area contributed by atoms with E-state index in [1.165, 1.54) is 83.7 Å². The highest BCUT2D eigenvalue weighted by atomic mass is 16.5. The van der Waals surface area contributed by atoms with Gasteiger partial charge in [-0.2, -0.15) is 0 Å². The van der Waals surface area contributed by atoms with Crippen molar-refractivity contribution >= 4 is 11.8 Å². The van der Waals surface area contributed by atoms with Gasteiger partial charge < -0.3 is 14.4 Å². The molecular weight excluding hydrogens is 398 g/mol. The molecule has 0 aromatic carbocycles. The summed E-state index contributed by atoms with van der Waals surface area (Å²) in [6.45, 7) is 10.1. The Hall–Kier alpha value is -1.16. The molecule has 0 heterocycles. The van der Waals surface area contributed by atoms with Crippen molar-refractivity contribution < 1.29 is 14.3 Å². The van der Waals surface area contributed by atoms with E-state index in [-0.39, 0.29) is 5.97 Å². The Morgan fingerprint density at radius 1 is 0.688 bits per heavy atom. The fourth-order valence-electron chi connectivity index (χ4n) is 3.89. The summed E-state index contributed by atoms with van der Waals surface area (Å²) in [7, 11) is 0. The highest BCUT2D eigenvalue weighted by Crippen LogP contribution is 2.10. The summed E-state index contributed by atoms with van der Waals surface area (Å²) in [4.78, 5) is 25.3. The van der Waals surface area contributed by atoms with E-state index in [1.54, 1.807) is 6.92 Å². The van der Waals surface area contributed by atoms with Crippen molar-refractivity contribution in [3.05, 3.63) is 12.2 Å². The molecule has 0 amide bonds. The predicted octanol–water partition coefficient (Wildman–Crippen LogP) is 7.65. The zero-order valence-corrected chi connectivity index (χ0v) is 21.7. The minimum Gasteiger partial charge on any atom is -0.461 e. The van der Waals surface area contributed by atoms with E-state index < -0.39 is 0 Å². The molecule has 0 saturated heterocycles. The van der Waals surface area contributed by atoms with E-state index >= 15 is 0 Å². The lowest BCUT2D eigenvalue weighted by molar-refractivity contribution is -0.142. The van der Waals surface area contributed by atoms with E-state index in [0.717, 1.165) is 38.6 Å². The van der Waals surface area contributed by atoms with Crippen LogP contribution in [0.2, 0.25) is 0 Å². The van der Waals surface area contributed by atoms with Crippen molar-refractivity contribution in [3.8, 4) is 0 Å². The van der Waals surface area contributed by atoms with Crippen LogP contribution in [0.1, 0.15) is 130 Å². The second-order valence-electron chi connectivity index (χ2n) is 9.18. The SMILES string of the molecule is CCCCCC/C=C\COC(=O)CCCCCCCN(CC)CCCCCCCC(C)=O. The van der Waals surface area contributed by atoms with Gasteiger partial charge in [0, 0.05) is 12.8 Å². The molecule has 188 valence electrons. The third kappa shape index (κ3) is 23.5. The maximum absolute atomic E-state index is 11.8. The van der Waals surface area contributed by atoms with Gasteiger partial charge in [0.05, 0.1) is 0 Å². The van der Waals surface area contributed by atoms with Crippen LogP contribution in [0, 0.1) is 0 Å². The van der Waals surface area contributed by atoms with Crippen LogP contribution in [0.3, 0.4) is 0 Å². The number of ether oxygens (including phenoxy) is 1. The van der Waals surface area contributed by atoms with E-state index in [4.69, 9.17) is 4.74 Å². The molecule has 0 bridgehead atoms. The van der Waals surface area contributed by atoms with Crippen LogP contribution in [0.5, 0.6) is 0 Å². The number of carbonyl (C=O) groups is 2. The standard InChI is InChI=1S/C28H53NO3/c1-4-6-7-8-9-16-21-26-32-28(31)23-18-13-11-15-20-25-29(5-2)24-19-14-10-12-17-22-27(3)30/h16,21H,4-15,17-20,22-26H2,1-3H3/b21-16-. The van der Waals surface area contributed by atoms with Gasteiger partial charge in [0.2, 0.25) is 0 Å². The minimum absolute atomic E-state index is 0.0564. The van der Waals surface area contributed by atoms with Gasteiger partial charge in [-0.1, -0.05) is 83.8 Å². The number of nitrogens with zero attached hydrogens (tertiary/aromatic N) is 1. The first kappa shape index (κ1) is 30.8. The van der Waals surface area contributed by atoms with Crippen LogP contribution in [0.15, 0.2) is 12.2 Å². The summed E-state index contributed by atoms with van der Waals surface area (Å²) >= 11 is 0. The maximum atomic E-state index is 11.8. The second-order valence-corrected chi connectivity index (χ2v) is 9.18. The Bertz CT molecular complexity index is 462. The average molecular weight is 452 g/mol. The first-order chi connectivity index (χ1) is 15.6. The molecule has 0 unspecified atom stereocenters. The summed E-state index contributed by atoms with van der Waals surface area (Å²) in [5.74, 6) is 0.261. The minimum atomic E-state index is -0.0564. The van der Waals surface area contributed by atoms with Gasteiger partial charge in [-0.25, -0.2) is 0 Å². The predicted molar refractivity (Wildman–Crippen MR) is 137 cm³/mol. The zero-order valence-electron chi connectivity index (χ0n) is 21.7. The van der Waals surface area contributed by atoms with Gasteiger partial charge in [0.15, 0.2) is 0 Å². The molecule has 0 spiro atoms. The fraction of sp³-hybridized carbons (Fsp3) is 0.857. The van der Waals surface area contributed by atoms with Gasteiger partial charge in [0.25, 0.3) is 0 Å². The van der Waals surface area contributed by atoms with Crippen molar-refractivity contribution in [1.82, 2.24) is 4.90 Å². The number of esters is 1. The summed E-state index contributed by atoms with van der Waals surface area (Å²) in [6.07, 6.45) is 23.4. The molecule has 0 aromatic rings. The highest BCUT2D eigenvalue weighted by molar-refractivity contribution is 5.75. The first-order valence-electron chi connectivity index (χ1n) is 13.6. The number of carbonyl (C=O) groups excluding carboxylic acids is 2. The van der Waals surface area contributed by atoms with E-state index in [1.807, 2.05) is 6.08 Å². The molecule has 0 atom stereocenters. The third-order valence-electron chi connectivity index (χ3n) is 6.04. The summed E-state index contributed by atoms with van der Waals surface area (Å²) < 4.78 is 5.27. The summed E-state index contributed by atoms with van der Waals surface area (Å²) in [5, 5.41) is 0. The number of hydrogen-bond acceptors (Lipinski definition) is 4. The monoisotopic (exact) mass is 451 g/mol. The molecule has 0 aromatic heterocycles. The van der Waals surface area contributed by atoms with Gasteiger partial charge >= 0.3 is 5.97 Å². The number of ketones is 1. The molecule has 0 aliphatic carbocycles. The van der Waals surface area contributed by atoms with Crippen molar-refractivity contribution in [3.63, 3.8) is 0 Å². The van der Waals surface area contributed by atoms with Crippen LogP contribution < -0.4 is 0 Å². The lowest BCUT2D eigenvalue weighted by atomic mass is 10.1. The van der Waals surface area contributed by atoms with Gasteiger partial charge in [-0.15, -0.1) is 0 Å². The number of hydrogen-bond donors (Lipinski definition) is 0. The zero-order chi connectivity index (χ0) is 23.7. The molecular formula is C28H53NO3. The summed E-state index contributed by atoms with van der Waals surface area (Å²) in [5.41, 5.74) is 0. The molecule has 4 nitrogen and oxygen atoms in total. The molecule has 4 heteroatoms. The molecule has 0 fully saturated rings. The second kappa shape index (κ2) is 24.5. The van der Waals surface area contributed by atoms with Crippen LogP contribution >= 0.6 is 0 Å². The lowest BCUT2D eigenvalue weighted by Gasteiger charge is -2.20. The largest absolute Gasteiger partial charge is 0.461 e. The van der Waals surface area contributed by atoms with Gasteiger partial charge in [0.1, 0.15) is 12.4 Å². The summed E-state index contributed by atoms with van der Waals surface area (Å²) in [6, 6.07) is 0.